The van der Waals surface area contributed by atoms with Gasteiger partial charge in [0.25, 0.3) is 5.91 Å². The van der Waals surface area contributed by atoms with Gasteiger partial charge >= 0.3 is 47.6 Å². The first kappa shape index (κ1) is 51.1. The molecule has 1 amide bonds. The van der Waals surface area contributed by atoms with Gasteiger partial charge in [-0.15, -0.1) is 0 Å². The highest BCUT2D eigenvalue weighted by atomic mass is 28.4. The average molecular weight is 872 g/mol. The van der Waals surface area contributed by atoms with E-state index in [1.165, 1.54) is 77.6 Å². The summed E-state index contributed by atoms with van der Waals surface area (Å²) in [6.45, 7) is 5.59. The van der Waals surface area contributed by atoms with E-state index in [0.29, 0.717) is 0 Å². The van der Waals surface area contributed by atoms with E-state index in [1.54, 1.807) is 0 Å². The second-order valence-corrected chi connectivity index (χ2v) is 18.1. The van der Waals surface area contributed by atoms with Crippen LogP contribution in [0.2, 0.25) is 17.1 Å². The SMILES string of the molecule is CO[C@@H](/C=C(\C)C(=O)NO)[C@@H](O)c1ccc(OCCO[Si](CCC(F)(F)C(F)(F)C(F)(F)C(F)(F)C(F)(F)C(F)(F)C(F)(F)C(F)(F)F)(C(C)C)C(C)C)cc1. The minimum atomic E-state index is -8.69. The third-order valence-corrected chi connectivity index (χ3v) is 14.7. The molecule has 0 aliphatic carbocycles. The Morgan fingerprint density at radius 2 is 1.16 bits per heavy atom. The van der Waals surface area contributed by atoms with E-state index in [9.17, 15) is 84.5 Å². The third kappa shape index (κ3) is 9.35. The Balaban J connectivity index is 3.26. The molecule has 0 aliphatic heterocycles. The van der Waals surface area contributed by atoms with Crippen molar-refractivity contribution in [1.29, 1.82) is 0 Å². The van der Waals surface area contributed by atoms with Crippen LogP contribution in [-0.2, 0) is 14.0 Å². The fourth-order valence-corrected chi connectivity index (χ4v) is 9.86. The number of amides is 1. The third-order valence-electron chi connectivity index (χ3n) is 8.97. The summed E-state index contributed by atoms with van der Waals surface area (Å²) in [6.07, 6.45) is -11.6. The fraction of sp³-hybridized carbons (Fsp3) is 0.710. The molecule has 0 saturated heterocycles. The van der Waals surface area contributed by atoms with Crippen LogP contribution in [0.4, 0.5) is 74.6 Å². The molecular formula is C31H38F17NO6Si. The molecule has 0 radical (unpaired) electrons. The lowest BCUT2D eigenvalue weighted by atomic mass is 9.88. The summed E-state index contributed by atoms with van der Waals surface area (Å²) in [5.74, 6) is -57.6. The summed E-state index contributed by atoms with van der Waals surface area (Å²) in [5, 5.41) is 19.4. The number of hydrogen-bond donors (Lipinski definition) is 3. The number of ether oxygens (including phenoxy) is 2. The molecule has 326 valence electrons. The molecule has 25 heteroatoms. The number of methoxy groups -OCH3 is 1. The number of aliphatic hydroxyl groups is 1. The summed E-state index contributed by atoms with van der Waals surface area (Å²) < 4.78 is 250. The first-order valence-corrected chi connectivity index (χ1v) is 18.2. The maximum absolute atomic E-state index is 14.8. The Morgan fingerprint density at radius 1 is 0.732 bits per heavy atom. The minimum Gasteiger partial charge on any atom is -0.491 e. The number of carbonyl (C=O) groups is 1. The van der Waals surface area contributed by atoms with Gasteiger partial charge in [-0.2, -0.15) is 74.6 Å². The zero-order valence-corrected chi connectivity index (χ0v) is 31.0. The zero-order valence-electron chi connectivity index (χ0n) is 30.0. The van der Waals surface area contributed by atoms with Crippen LogP contribution >= 0.6 is 0 Å². The Bertz CT molecular complexity index is 1480. The fourth-order valence-electron chi connectivity index (χ4n) is 5.40. The van der Waals surface area contributed by atoms with Crippen LogP contribution in [-0.4, -0.2) is 98.6 Å². The van der Waals surface area contributed by atoms with Crippen LogP contribution in [0, 0.1) is 0 Å². The highest BCUT2D eigenvalue weighted by Crippen LogP contribution is 2.64. The maximum atomic E-state index is 14.8. The second-order valence-electron chi connectivity index (χ2n) is 13.1. The topological polar surface area (TPSA) is 97.3 Å². The van der Waals surface area contributed by atoms with Crippen LogP contribution in [0.5, 0.6) is 5.75 Å². The number of carbonyl (C=O) groups excluding carboxylic acids is 1. The monoisotopic (exact) mass is 871 g/mol. The van der Waals surface area contributed by atoms with Gasteiger partial charge in [-0.25, -0.2) is 5.48 Å². The minimum absolute atomic E-state index is 0.0114. The van der Waals surface area contributed by atoms with Crippen molar-refractivity contribution in [2.75, 3.05) is 20.3 Å². The van der Waals surface area contributed by atoms with Gasteiger partial charge < -0.3 is 19.0 Å². The Morgan fingerprint density at radius 3 is 1.55 bits per heavy atom. The molecule has 7 nitrogen and oxygen atoms in total. The van der Waals surface area contributed by atoms with Gasteiger partial charge in [0, 0.05) is 19.1 Å². The number of alkyl halides is 17. The molecule has 0 unspecified atom stereocenters. The van der Waals surface area contributed by atoms with Gasteiger partial charge in [-0.1, -0.05) is 39.8 Å². The maximum Gasteiger partial charge on any atom is 0.460 e. The first-order chi connectivity index (χ1) is 25.0. The van der Waals surface area contributed by atoms with Gasteiger partial charge in [0.05, 0.1) is 6.61 Å². The largest absolute Gasteiger partial charge is 0.491 e. The van der Waals surface area contributed by atoms with E-state index in [1.807, 2.05) is 0 Å². The zero-order chi connectivity index (χ0) is 44.3. The van der Waals surface area contributed by atoms with Gasteiger partial charge in [0.2, 0.25) is 0 Å². The molecule has 0 saturated carbocycles. The van der Waals surface area contributed by atoms with E-state index in [-0.39, 0.29) is 16.9 Å². The van der Waals surface area contributed by atoms with Crippen molar-refractivity contribution in [3.05, 3.63) is 41.5 Å². The van der Waals surface area contributed by atoms with Crippen LogP contribution < -0.4 is 10.2 Å². The van der Waals surface area contributed by atoms with E-state index in [0.717, 1.165) is 0 Å². The molecular weight excluding hydrogens is 833 g/mol. The number of rotatable bonds is 21. The van der Waals surface area contributed by atoms with Gasteiger partial charge in [-0.3, -0.25) is 10.0 Å². The molecule has 0 heterocycles. The Labute approximate surface area is 309 Å². The molecule has 3 N–H and O–H groups in total. The van der Waals surface area contributed by atoms with Gasteiger partial charge in [0.15, 0.2) is 8.32 Å². The smallest absolute Gasteiger partial charge is 0.460 e. The summed E-state index contributed by atoms with van der Waals surface area (Å²) >= 11 is 0. The van der Waals surface area contributed by atoms with E-state index in [2.05, 4.69) is 0 Å². The standard InChI is InChI=1S/C31H38F17NO6Si/c1-16(2)56(17(3)4,55-13-12-54-20-9-7-19(8-10-20)22(50)21(53-6)15-18(5)23(51)49-52)14-11-24(32,33)25(34,35)26(36,37)27(38,39)28(40,41)29(42,43)30(44,45)31(46,47)48/h7-10,15-17,21-22,50,52H,11-14H2,1-6H3,(H,49,51)/b18-15+/t21-,22-/m0/s1. The number of nitrogens with one attached hydrogen (secondary N) is 1. The average Bonchev–Trinajstić information content (AvgIpc) is 3.08. The second kappa shape index (κ2) is 17.5. The lowest BCUT2D eigenvalue weighted by Crippen LogP contribution is -2.74. The Kier molecular flexibility index (Phi) is 16.0. The van der Waals surface area contributed by atoms with Crippen LogP contribution in [0.25, 0.3) is 0 Å². The van der Waals surface area contributed by atoms with Crippen molar-refractivity contribution < 1.29 is 104 Å². The predicted octanol–water partition coefficient (Wildman–Crippen LogP) is 9.75. The molecule has 0 bridgehead atoms. The lowest BCUT2D eigenvalue weighted by molar-refractivity contribution is -0.461. The lowest BCUT2D eigenvalue weighted by Gasteiger charge is -2.44. The summed E-state index contributed by atoms with van der Waals surface area (Å²) in [6, 6.07) is 4.01. The summed E-state index contributed by atoms with van der Waals surface area (Å²) in [5.41, 5.74) is -0.135. The molecule has 0 aliphatic rings. The normalized spacial score (nSPS) is 16.0. The number of hydrogen-bond acceptors (Lipinski definition) is 6. The van der Waals surface area contributed by atoms with E-state index < -0.39 is 111 Å². The van der Waals surface area contributed by atoms with Crippen molar-refractivity contribution in [3.63, 3.8) is 0 Å². The van der Waals surface area contributed by atoms with Crippen molar-refractivity contribution in [1.82, 2.24) is 5.48 Å². The number of benzene rings is 1. The van der Waals surface area contributed by atoms with Gasteiger partial charge in [-0.05, 0) is 47.8 Å². The highest BCUT2D eigenvalue weighted by molar-refractivity contribution is 6.76. The molecule has 1 rings (SSSR count). The first-order valence-electron chi connectivity index (χ1n) is 15.9. The van der Waals surface area contributed by atoms with Crippen molar-refractivity contribution in [2.45, 2.75) is 118 Å². The quantitative estimate of drug-likeness (QED) is 0.0285. The number of hydroxylamine groups is 1. The molecule has 2 atom stereocenters. The highest BCUT2D eigenvalue weighted by Gasteiger charge is 2.95. The number of aliphatic hydroxyl groups excluding tert-OH is 1. The van der Waals surface area contributed by atoms with E-state index >= 15 is 0 Å². The van der Waals surface area contributed by atoms with E-state index in [4.69, 9.17) is 19.1 Å². The van der Waals surface area contributed by atoms with Crippen LogP contribution in [0.1, 0.15) is 52.7 Å². The van der Waals surface area contributed by atoms with Gasteiger partial charge in [0.1, 0.15) is 24.6 Å². The summed E-state index contributed by atoms with van der Waals surface area (Å²) in [4.78, 5) is 11.5. The summed E-state index contributed by atoms with van der Waals surface area (Å²) in [7, 11) is -2.76. The van der Waals surface area contributed by atoms with Crippen molar-refractivity contribution in [3.8, 4) is 5.75 Å². The van der Waals surface area contributed by atoms with Crippen LogP contribution in [0.3, 0.4) is 0 Å². The van der Waals surface area contributed by atoms with Crippen LogP contribution in [0.15, 0.2) is 35.9 Å². The molecule has 0 fully saturated rings. The molecule has 1 aromatic rings. The molecule has 0 aromatic heterocycles. The molecule has 56 heavy (non-hydrogen) atoms. The van der Waals surface area contributed by atoms with Crippen molar-refractivity contribution >= 4 is 14.2 Å². The number of halogens is 17. The molecule has 1 aromatic carbocycles. The Hall–Kier alpha value is -2.90. The molecule has 0 spiro atoms. The van der Waals surface area contributed by atoms with Crippen molar-refractivity contribution in [2.24, 2.45) is 0 Å². The predicted molar refractivity (Wildman–Crippen MR) is 163 cm³/mol.